The van der Waals surface area contributed by atoms with E-state index in [0.29, 0.717) is 18.7 Å². The van der Waals surface area contributed by atoms with Gasteiger partial charge in [0, 0.05) is 18.8 Å². The Morgan fingerprint density at radius 2 is 2.14 bits per heavy atom. The smallest absolute Gasteiger partial charge is 0.269 e. The number of aliphatic hydroxyl groups excluding tert-OH is 1. The topological polar surface area (TPSA) is 67.2 Å². The minimum absolute atomic E-state index is 0.135. The summed E-state index contributed by atoms with van der Waals surface area (Å²) in [6.07, 6.45) is 4.21. The number of benzene rings is 1. The van der Waals surface area contributed by atoms with Gasteiger partial charge in [0.15, 0.2) is 5.16 Å². The molecule has 1 aromatic heterocycles. The van der Waals surface area contributed by atoms with E-state index in [0.717, 1.165) is 10.8 Å². The molecule has 22 heavy (non-hydrogen) atoms. The number of para-hydroxylation sites is 1. The van der Waals surface area contributed by atoms with Crippen LogP contribution in [0.5, 0.6) is 0 Å². The normalized spacial score (nSPS) is 12.1. The van der Waals surface area contributed by atoms with Crippen molar-refractivity contribution in [3.8, 4) is 5.69 Å². The molecule has 2 rings (SSSR count). The standard InChI is InChI=1S/C16H21N3O2S/c1-12(8-9-20)10-17-15(21)14-11-18-16(22-2)19(14)13-6-4-3-5-7-13/h3-7,11-12,20H,8-10H2,1-2H3,(H,17,21). The largest absolute Gasteiger partial charge is 0.396 e. The van der Waals surface area contributed by atoms with Crippen LogP contribution in [0.4, 0.5) is 0 Å². The second kappa shape index (κ2) is 8.00. The van der Waals surface area contributed by atoms with Crippen molar-refractivity contribution in [2.24, 2.45) is 5.92 Å². The summed E-state index contributed by atoms with van der Waals surface area (Å²) in [6.45, 7) is 2.67. The van der Waals surface area contributed by atoms with Gasteiger partial charge in [-0.05, 0) is 30.7 Å². The molecule has 0 spiro atoms. The summed E-state index contributed by atoms with van der Waals surface area (Å²) in [6, 6.07) is 9.71. The van der Waals surface area contributed by atoms with Gasteiger partial charge < -0.3 is 10.4 Å². The molecule has 0 fully saturated rings. The SMILES string of the molecule is CSc1ncc(C(=O)NCC(C)CCO)n1-c1ccccc1. The zero-order valence-corrected chi connectivity index (χ0v) is 13.6. The van der Waals surface area contributed by atoms with E-state index in [1.54, 1.807) is 6.20 Å². The van der Waals surface area contributed by atoms with Crippen LogP contribution in [0.2, 0.25) is 0 Å². The maximum atomic E-state index is 12.4. The van der Waals surface area contributed by atoms with Crippen LogP contribution < -0.4 is 5.32 Å². The fraction of sp³-hybridized carbons (Fsp3) is 0.375. The van der Waals surface area contributed by atoms with Crippen molar-refractivity contribution in [1.82, 2.24) is 14.9 Å². The van der Waals surface area contributed by atoms with Gasteiger partial charge in [0.2, 0.25) is 0 Å². The first-order chi connectivity index (χ1) is 10.7. The molecule has 0 saturated heterocycles. The quantitative estimate of drug-likeness (QED) is 0.769. The van der Waals surface area contributed by atoms with E-state index < -0.39 is 0 Å². The second-order valence-electron chi connectivity index (χ2n) is 5.13. The molecule has 2 aromatic rings. The molecule has 0 aliphatic carbocycles. The number of aromatic nitrogens is 2. The van der Waals surface area contributed by atoms with Gasteiger partial charge in [-0.25, -0.2) is 4.98 Å². The average Bonchev–Trinajstić information content (AvgIpc) is 2.97. The molecule has 1 atom stereocenters. The summed E-state index contributed by atoms with van der Waals surface area (Å²) < 4.78 is 1.86. The highest BCUT2D eigenvalue weighted by molar-refractivity contribution is 7.98. The van der Waals surface area contributed by atoms with Crippen LogP contribution in [0.3, 0.4) is 0 Å². The molecule has 1 amide bonds. The van der Waals surface area contributed by atoms with Crippen molar-refractivity contribution >= 4 is 17.7 Å². The van der Waals surface area contributed by atoms with Crippen LogP contribution in [0.15, 0.2) is 41.7 Å². The molecule has 0 aliphatic rings. The molecule has 5 nitrogen and oxygen atoms in total. The maximum absolute atomic E-state index is 12.4. The summed E-state index contributed by atoms with van der Waals surface area (Å²) >= 11 is 1.50. The molecule has 1 unspecified atom stereocenters. The van der Waals surface area contributed by atoms with E-state index >= 15 is 0 Å². The van der Waals surface area contributed by atoms with Crippen molar-refractivity contribution in [2.45, 2.75) is 18.5 Å². The van der Waals surface area contributed by atoms with E-state index in [2.05, 4.69) is 10.3 Å². The summed E-state index contributed by atoms with van der Waals surface area (Å²) in [5.41, 5.74) is 1.43. The lowest BCUT2D eigenvalue weighted by molar-refractivity contribution is 0.0938. The molecular formula is C16H21N3O2S. The second-order valence-corrected chi connectivity index (χ2v) is 5.90. The minimum atomic E-state index is -0.151. The van der Waals surface area contributed by atoms with Crippen LogP contribution in [-0.2, 0) is 0 Å². The monoisotopic (exact) mass is 319 g/mol. The molecule has 118 valence electrons. The number of carbonyl (C=O) groups excluding carboxylic acids is 1. The molecule has 0 aliphatic heterocycles. The Kier molecular flexibility index (Phi) is 6.03. The van der Waals surface area contributed by atoms with Gasteiger partial charge in [-0.15, -0.1) is 0 Å². The van der Waals surface area contributed by atoms with Gasteiger partial charge in [0.25, 0.3) is 5.91 Å². The number of rotatable bonds is 7. The number of hydrogen-bond donors (Lipinski definition) is 2. The molecule has 0 radical (unpaired) electrons. The molecule has 6 heteroatoms. The lowest BCUT2D eigenvalue weighted by atomic mass is 10.1. The van der Waals surface area contributed by atoms with Gasteiger partial charge in [0.05, 0.1) is 6.20 Å². The van der Waals surface area contributed by atoms with Crippen LogP contribution in [-0.4, -0.2) is 40.0 Å². The van der Waals surface area contributed by atoms with Crippen molar-refractivity contribution < 1.29 is 9.90 Å². The summed E-state index contributed by atoms with van der Waals surface area (Å²) in [5.74, 6) is 0.0866. The minimum Gasteiger partial charge on any atom is -0.396 e. The number of hydrogen-bond acceptors (Lipinski definition) is 4. The van der Waals surface area contributed by atoms with Crippen LogP contribution in [0.1, 0.15) is 23.8 Å². The first-order valence-electron chi connectivity index (χ1n) is 7.23. The Hall–Kier alpha value is -1.79. The summed E-state index contributed by atoms with van der Waals surface area (Å²) in [5, 5.41) is 12.6. The Labute approximate surface area is 134 Å². The molecule has 0 saturated carbocycles. The Morgan fingerprint density at radius 1 is 1.41 bits per heavy atom. The lowest BCUT2D eigenvalue weighted by Crippen LogP contribution is -2.30. The maximum Gasteiger partial charge on any atom is 0.269 e. The Balaban J connectivity index is 2.21. The first kappa shape index (κ1) is 16.6. The third kappa shape index (κ3) is 3.90. The average molecular weight is 319 g/mol. The fourth-order valence-corrected chi connectivity index (χ4v) is 2.69. The number of amides is 1. The van der Waals surface area contributed by atoms with Gasteiger partial charge in [-0.1, -0.05) is 36.9 Å². The van der Waals surface area contributed by atoms with Crippen molar-refractivity contribution in [3.63, 3.8) is 0 Å². The number of imidazole rings is 1. The zero-order valence-electron chi connectivity index (χ0n) is 12.8. The molecule has 0 bridgehead atoms. The number of thioether (sulfide) groups is 1. The van der Waals surface area contributed by atoms with E-state index in [1.807, 2.05) is 48.1 Å². The Morgan fingerprint density at radius 3 is 2.77 bits per heavy atom. The number of nitrogens with one attached hydrogen (secondary N) is 1. The first-order valence-corrected chi connectivity index (χ1v) is 8.46. The molecule has 2 N–H and O–H groups in total. The van der Waals surface area contributed by atoms with E-state index in [9.17, 15) is 4.79 Å². The third-order valence-corrected chi connectivity index (χ3v) is 4.05. The van der Waals surface area contributed by atoms with E-state index in [1.165, 1.54) is 11.8 Å². The fourth-order valence-electron chi connectivity index (χ4n) is 2.15. The highest BCUT2D eigenvalue weighted by Gasteiger charge is 2.17. The van der Waals surface area contributed by atoms with E-state index in [-0.39, 0.29) is 18.4 Å². The van der Waals surface area contributed by atoms with Gasteiger partial charge in [0.1, 0.15) is 5.69 Å². The van der Waals surface area contributed by atoms with Crippen LogP contribution >= 0.6 is 11.8 Å². The highest BCUT2D eigenvalue weighted by Crippen LogP contribution is 2.21. The van der Waals surface area contributed by atoms with Gasteiger partial charge in [-0.2, -0.15) is 0 Å². The van der Waals surface area contributed by atoms with Crippen LogP contribution in [0.25, 0.3) is 5.69 Å². The van der Waals surface area contributed by atoms with Crippen LogP contribution in [0, 0.1) is 5.92 Å². The number of carbonyl (C=O) groups is 1. The van der Waals surface area contributed by atoms with Crippen molar-refractivity contribution in [3.05, 3.63) is 42.2 Å². The van der Waals surface area contributed by atoms with Crippen molar-refractivity contribution in [2.75, 3.05) is 19.4 Å². The predicted octanol–water partition coefficient (Wildman–Crippen LogP) is 2.34. The summed E-state index contributed by atoms with van der Waals surface area (Å²) in [7, 11) is 0. The summed E-state index contributed by atoms with van der Waals surface area (Å²) in [4.78, 5) is 16.8. The number of nitrogens with zero attached hydrogens (tertiary/aromatic N) is 2. The third-order valence-electron chi connectivity index (χ3n) is 3.39. The van der Waals surface area contributed by atoms with Gasteiger partial charge in [-0.3, -0.25) is 9.36 Å². The van der Waals surface area contributed by atoms with Gasteiger partial charge >= 0.3 is 0 Å². The highest BCUT2D eigenvalue weighted by atomic mass is 32.2. The zero-order chi connectivity index (χ0) is 15.9. The Bertz CT molecular complexity index is 613. The molecule has 1 aromatic carbocycles. The van der Waals surface area contributed by atoms with E-state index in [4.69, 9.17) is 5.11 Å². The molecular weight excluding hydrogens is 298 g/mol. The number of aliphatic hydroxyl groups is 1. The van der Waals surface area contributed by atoms with Crippen molar-refractivity contribution in [1.29, 1.82) is 0 Å². The lowest BCUT2D eigenvalue weighted by Gasteiger charge is -2.13. The molecule has 1 heterocycles. The predicted molar refractivity (Wildman–Crippen MR) is 88.5 cm³/mol.